The average molecular weight is 381 g/mol. The van der Waals surface area contributed by atoms with Gasteiger partial charge in [0.2, 0.25) is 10.0 Å². The summed E-state index contributed by atoms with van der Waals surface area (Å²) in [6, 6.07) is 3.56. The third kappa shape index (κ3) is 3.21. The lowest BCUT2D eigenvalue weighted by Gasteiger charge is -2.19. The van der Waals surface area contributed by atoms with E-state index in [4.69, 9.17) is 11.6 Å². The summed E-state index contributed by atoms with van der Waals surface area (Å²) in [5.74, 6) is 1.43. The molecule has 2 atom stereocenters. The van der Waals surface area contributed by atoms with Crippen LogP contribution in [0.5, 0.6) is 0 Å². The third-order valence-corrected chi connectivity index (χ3v) is 7.36. The van der Waals surface area contributed by atoms with Gasteiger partial charge in [-0.1, -0.05) is 13.0 Å². The second kappa shape index (κ2) is 5.95. The predicted molar refractivity (Wildman–Crippen MR) is 85.5 cm³/mol. The summed E-state index contributed by atoms with van der Waals surface area (Å²) in [5.41, 5.74) is 1.70. The van der Waals surface area contributed by atoms with E-state index >= 15 is 0 Å². The van der Waals surface area contributed by atoms with Gasteiger partial charge in [-0.25, -0.2) is 12.7 Å². The Hall–Kier alpha value is -0.100. The summed E-state index contributed by atoms with van der Waals surface area (Å²) in [6.45, 7) is 4.61. The number of sulfonamides is 1. The van der Waals surface area contributed by atoms with Crippen molar-refractivity contribution in [3.63, 3.8) is 0 Å². The molecule has 20 heavy (non-hydrogen) atoms. The van der Waals surface area contributed by atoms with Crippen LogP contribution >= 0.6 is 27.5 Å². The number of rotatable bonds is 5. The first kappa shape index (κ1) is 16.3. The summed E-state index contributed by atoms with van der Waals surface area (Å²) >= 11 is 9.24. The molecule has 1 aliphatic rings. The number of hydrogen-bond acceptors (Lipinski definition) is 2. The molecule has 0 spiro atoms. The van der Waals surface area contributed by atoms with E-state index in [1.54, 1.807) is 13.1 Å². The van der Waals surface area contributed by atoms with E-state index in [1.807, 2.05) is 13.0 Å². The van der Waals surface area contributed by atoms with Crippen molar-refractivity contribution in [1.82, 2.24) is 4.31 Å². The fourth-order valence-corrected chi connectivity index (χ4v) is 4.73. The molecule has 0 saturated heterocycles. The number of alkyl halides is 1. The van der Waals surface area contributed by atoms with E-state index in [0.717, 1.165) is 17.5 Å². The highest BCUT2D eigenvalue weighted by molar-refractivity contribution is 9.10. The average Bonchev–Trinajstić information content (AvgIpc) is 3.07. The topological polar surface area (TPSA) is 37.4 Å². The van der Waals surface area contributed by atoms with Crippen LogP contribution < -0.4 is 0 Å². The Bertz CT molecular complexity index is 618. The molecule has 0 aromatic heterocycles. The Labute approximate surface area is 134 Å². The lowest BCUT2D eigenvalue weighted by Crippen LogP contribution is -2.29. The summed E-state index contributed by atoms with van der Waals surface area (Å²) in [4.78, 5) is 0.309. The quantitative estimate of drug-likeness (QED) is 0.729. The number of halogens is 2. The van der Waals surface area contributed by atoms with E-state index in [-0.39, 0.29) is 0 Å². The minimum atomic E-state index is -3.48. The number of aryl methyl sites for hydroxylation is 1. The molecule has 1 aromatic rings. The normalized spacial score (nSPS) is 22.3. The molecule has 112 valence electrons. The molecule has 1 saturated carbocycles. The van der Waals surface area contributed by atoms with Gasteiger partial charge in [-0.2, -0.15) is 0 Å². The molecule has 0 amide bonds. The van der Waals surface area contributed by atoms with Crippen molar-refractivity contribution >= 4 is 37.6 Å². The molecule has 0 bridgehead atoms. The largest absolute Gasteiger partial charge is 0.243 e. The maximum absolute atomic E-state index is 12.7. The van der Waals surface area contributed by atoms with Crippen LogP contribution in [-0.4, -0.2) is 26.3 Å². The van der Waals surface area contributed by atoms with E-state index < -0.39 is 10.0 Å². The van der Waals surface area contributed by atoms with Gasteiger partial charge in [0, 0.05) is 23.9 Å². The van der Waals surface area contributed by atoms with Gasteiger partial charge in [0.05, 0.1) is 4.90 Å². The Morgan fingerprint density at radius 3 is 2.55 bits per heavy atom. The summed E-state index contributed by atoms with van der Waals surface area (Å²) in [6.07, 6.45) is 1.11. The van der Waals surface area contributed by atoms with E-state index in [0.29, 0.717) is 33.6 Å². The van der Waals surface area contributed by atoms with Crippen molar-refractivity contribution in [2.45, 2.75) is 31.0 Å². The van der Waals surface area contributed by atoms with Gasteiger partial charge in [0.1, 0.15) is 0 Å². The van der Waals surface area contributed by atoms with Gasteiger partial charge < -0.3 is 0 Å². The van der Waals surface area contributed by atoms with Crippen LogP contribution in [0.1, 0.15) is 24.5 Å². The van der Waals surface area contributed by atoms with Gasteiger partial charge in [-0.15, -0.1) is 11.6 Å². The zero-order valence-corrected chi connectivity index (χ0v) is 15.0. The molecule has 3 nitrogen and oxygen atoms in total. The second-order valence-electron chi connectivity index (χ2n) is 5.62. The monoisotopic (exact) mass is 379 g/mol. The van der Waals surface area contributed by atoms with Gasteiger partial charge in [0.15, 0.2) is 0 Å². The van der Waals surface area contributed by atoms with Crippen LogP contribution in [0.25, 0.3) is 0 Å². The maximum Gasteiger partial charge on any atom is 0.243 e. The van der Waals surface area contributed by atoms with Gasteiger partial charge in [0.25, 0.3) is 0 Å². The fraction of sp³-hybridized carbons (Fsp3) is 0.571. The van der Waals surface area contributed by atoms with Crippen LogP contribution in [0.2, 0.25) is 0 Å². The Morgan fingerprint density at radius 1 is 1.45 bits per heavy atom. The number of hydrogen-bond donors (Lipinski definition) is 0. The molecule has 0 heterocycles. The highest BCUT2D eigenvalue weighted by Gasteiger charge is 2.36. The van der Waals surface area contributed by atoms with Gasteiger partial charge in [-0.05, 0) is 58.3 Å². The molecule has 0 N–H and O–H groups in total. The Kier molecular flexibility index (Phi) is 4.84. The molecule has 1 fully saturated rings. The van der Waals surface area contributed by atoms with Crippen LogP contribution in [0.4, 0.5) is 0 Å². The number of nitrogens with zero attached hydrogens (tertiary/aromatic N) is 1. The first-order valence-corrected chi connectivity index (χ1v) is 9.35. The van der Waals surface area contributed by atoms with Crippen LogP contribution in [0.15, 0.2) is 21.5 Å². The smallest absolute Gasteiger partial charge is 0.207 e. The van der Waals surface area contributed by atoms with Gasteiger partial charge in [-0.3, -0.25) is 0 Å². The van der Waals surface area contributed by atoms with Crippen molar-refractivity contribution in [3.8, 4) is 0 Å². The lowest BCUT2D eigenvalue weighted by molar-refractivity contribution is 0.444. The summed E-state index contributed by atoms with van der Waals surface area (Å²) < 4.78 is 27.5. The predicted octanol–water partition coefficient (Wildman–Crippen LogP) is 3.77. The Balaban J connectivity index is 2.35. The lowest BCUT2D eigenvalue weighted by atomic mass is 10.2. The van der Waals surface area contributed by atoms with E-state index in [2.05, 4.69) is 22.9 Å². The minimum absolute atomic E-state index is 0.306. The van der Waals surface area contributed by atoms with Crippen LogP contribution in [-0.2, 0) is 15.9 Å². The van der Waals surface area contributed by atoms with Crippen LogP contribution in [0.3, 0.4) is 0 Å². The standard InChI is InChI=1S/C14H19BrClNO2S/c1-9-5-12(9)8-17(3)20(18,19)13-6-11(7-16)4-10(2)14(13)15/h4,6,9,12H,5,7-8H2,1-3H3. The molecule has 1 aromatic carbocycles. The minimum Gasteiger partial charge on any atom is -0.207 e. The van der Waals surface area contributed by atoms with Crippen molar-refractivity contribution in [3.05, 3.63) is 27.7 Å². The first-order chi connectivity index (χ1) is 9.27. The highest BCUT2D eigenvalue weighted by atomic mass is 79.9. The zero-order valence-electron chi connectivity index (χ0n) is 11.9. The van der Waals surface area contributed by atoms with Crippen molar-refractivity contribution in [1.29, 1.82) is 0 Å². The van der Waals surface area contributed by atoms with Crippen molar-refractivity contribution in [2.24, 2.45) is 11.8 Å². The summed E-state index contributed by atoms with van der Waals surface area (Å²) in [5, 5.41) is 0. The van der Waals surface area contributed by atoms with Gasteiger partial charge >= 0.3 is 0 Å². The molecular weight excluding hydrogens is 362 g/mol. The molecule has 6 heteroatoms. The third-order valence-electron chi connectivity index (χ3n) is 3.89. The maximum atomic E-state index is 12.7. The fourth-order valence-electron chi connectivity index (χ4n) is 2.32. The van der Waals surface area contributed by atoms with E-state index in [1.165, 1.54) is 4.31 Å². The number of benzene rings is 1. The van der Waals surface area contributed by atoms with Crippen molar-refractivity contribution in [2.75, 3.05) is 13.6 Å². The zero-order chi connectivity index (χ0) is 15.1. The first-order valence-electron chi connectivity index (χ1n) is 6.58. The molecule has 0 radical (unpaired) electrons. The van der Waals surface area contributed by atoms with Crippen LogP contribution in [0, 0.1) is 18.8 Å². The summed E-state index contributed by atoms with van der Waals surface area (Å²) in [7, 11) is -1.83. The Morgan fingerprint density at radius 2 is 2.05 bits per heavy atom. The molecular formula is C14H19BrClNO2S. The molecule has 1 aliphatic carbocycles. The SMILES string of the molecule is Cc1cc(CCl)cc(S(=O)(=O)N(C)CC2CC2C)c1Br. The van der Waals surface area contributed by atoms with E-state index in [9.17, 15) is 8.42 Å². The molecule has 2 rings (SSSR count). The molecule has 2 unspecified atom stereocenters. The molecule has 0 aliphatic heterocycles. The highest BCUT2D eigenvalue weighted by Crippen LogP contribution is 2.39. The van der Waals surface area contributed by atoms with Crippen molar-refractivity contribution < 1.29 is 8.42 Å². The second-order valence-corrected chi connectivity index (χ2v) is 8.69.